The van der Waals surface area contributed by atoms with Crippen molar-refractivity contribution in [1.29, 1.82) is 0 Å². The molecule has 0 radical (unpaired) electrons. The van der Waals surface area contributed by atoms with Crippen LogP contribution in [0.15, 0.2) is 42.5 Å². The lowest BCUT2D eigenvalue weighted by Crippen LogP contribution is -2.34. The third-order valence-electron chi connectivity index (χ3n) is 7.17. The average molecular weight is 360 g/mol. The van der Waals surface area contributed by atoms with Crippen molar-refractivity contribution < 1.29 is 0 Å². The first kappa shape index (κ1) is 15.6. The van der Waals surface area contributed by atoms with E-state index in [-0.39, 0.29) is 0 Å². The van der Waals surface area contributed by atoms with E-state index >= 15 is 0 Å². The van der Waals surface area contributed by atoms with Gasteiger partial charge in [-0.3, -0.25) is 0 Å². The molecule has 3 aromatic rings. The summed E-state index contributed by atoms with van der Waals surface area (Å²) in [5, 5.41) is 13.7. The van der Waals surface area contributed by atoms with Gasteiger partial charge in [0.25, 0.3) is 0 Å². The van der Waals surface area contributed by atoms with Gasteiger partial charge in [0.2, 0.25) is 0 Å². The highest BCUT2D eigenvalue weighted by Crippen LogP contribution is 2.61. The summed E-state index contributed by atoms with van der Waals surface area (Å²) in [4.78, 5) is 5.06. The molecule has 1 saturated carbocycles. The summed E-state index contributed by atoms with van der Waals surface area (Å²) in [6, 6.07) is 14.4. The fourth-order valence-corrected chi connectivity index (χ4v) is 6.14. The third-order valence-corrected chi connectivity index (χ3v) is 7.17. The Labute approximate surface area is 158 Å². The lowest BCUT2D eigenvalue weighted by atomic mass is 9.71. The molecule has 2 unspecified atom stereocenters. The Balaban J connectivity index is 1.40. The van der Waals surface area contributed by atoms with E-state index < -0.39 is 0 Å². The Morgan fingerprint density at radius 2 is 1.59 bits per heavy atom. The van der Waals surface area contributed by atoms with Gasteiger partial charge >= 0.3 is 0 Å². The standard InChI is InChI=1S/C21H24N6/c1-25-12-20-10-5-11-21(20,13-25)15-26(14-20)18-9-8-17-22-23-19(27(17)24-18)16-6-3-2-4-7-16/h2-4,6-9H,5,10-15H2,1H3. The van der Waals surface area contributed by atoms with E-state index in [1.54, 1.807) is 0 Å². The minimum Gasteiger partial charge on any atom is -0.354 e. The number of nitrogens with zero attached hydrogens (tertiary/aromatic N) is 6. The van der Waals surface area contributed by atoms with E-state index in [0.717, 1.165) is 35.9 Å². The maximum absolute atomic E-state index is 4.96. The summed E-state index contributed by atoms with van der Waals surface area (Å²) >= 11 is 0. The van der Waals surface area contributed by atoms with Crippen LogP contribution in [0.1, 0.15) is 19.3 Å². The number of rotatable bonds is 2. The van der Waals surface area contributed by atoms with Gasteiger partial charge in [-0.1, -0.05) is 36.8 Å². The molecular weight excluding hydrogens is 336 g/mol. The second-order valence-electron chi connectivity index (χ2n) is 8.79. The van der Waals surface area contributed by atoms with Gasteiger partial charge in [-0.15, -0.1) is 15.3 Å². The van der Waals surface area contributed by atoms with Gasteiger partial charge in [-0.05, 0) is 32.0 Å². The van der Waals surface area contributed by atoms with Crippen LogP contribution in [0, 0.1) is 10.8 Å². The van der Waals surface area contributed by atoms with Crippen molar-refractivity contribution in [3.63, 3.8) is 0 Å². The monoisotopic (exact) mass is 360 g/mol. The van der Waals surface area contributed by atoms with Crippen molar-refractivity contribution in [1.82, 2.24) is 24.7 Å². The summed E-state index contributed by atoms with van der Waals surface area (Å²) < 4.78 is 1.90. The smallest absolute Gasteiger partial charge is 0.185 e. The largest absolute Gasteiger partial charge is 0.354 e. The first-order valence-electron chi connectivity index (χ1n) is 9.90. The van der Waals surface area contributed by atoms with Crippen LogP contribution >= 0.6 is 0 Å². The molecule has 3 aliphatic rings. The van der Waals surface area contributed by atoms with Crippen LogP contribution in [0.5, 0.6) is 0 Å². The van der Waals surface area contributed by atoms with Crippen LogP contribution in [0.25, 0.3) is 17.0 Å². The molecule has 2 atom stereocenters. The molecule has 2 aliphatic heterocycles. The second kappa shape index (κ2) is 5.29. The quantitative estimate of drug-likeness (QED) is 0.703. The van der Waals surface area contributed by atoms with Crippen molar-refractivity contribution in [2.24, 2.45) is 10.8 Å². The van der Waals surface area contributed by atoms with E-state index in [1.165, 1.54) is 32.4 Å². The molecule has 0 N–H and O–H groups in total. The first-order valence-corrected chi connectivity index (χ1v) is 9.90. The zero-order chi connectivity index (χ0) is 18.1. The Bertz CT molecular complexity index is 992. The number of hydrogen-bond donors (Lipinski definition) is 0. The molecule has 6 rings (SSSR count). The van der Waals surface area contributed by atoms with Gasteiger partial charge in [-0.2, -0.15) is 4.52 Å². The summed E-state index contributed by atoms with van der Waals surface area (Å²) in [6.07, 6.45) is 4.10. The minimum atomic E-state index is 0.452. The molecule has 1 aromatic carbocycles. The maximum Gasteiger partial charge on any atom is 0.185 e. The molecule has 0 bridgehead atoms. The Kier molecular flexibility index (Phi) is 3.05. The predicted molar refractivity (Wildman–Crippen MR) is 105 cm³/mol. The van der Waals surface area contributed by atoms with Crippen LogP contribution in [0.2, 0.25) is 0 Å². The third kappa shape index (κ3) is 2.07. The van der Waals surface area contributed by atoms with Crippen molar-refractivity contribution in [3.8, 4) is 11.4 Å². The Hall–Kier alpha value is -2.47. The van der Waals surface area contributed by atoms with E-state index in [2.05, 4.69) is 45.2 Å². The van der Waals surface area contributed by atoms with Gasteiger partial charge in [-0.25, -0.2) is 0 Å². The molecule has 6 heteroatoms. The summed E-state index contributed by atoms with van der Waals surface area (Å²) in [5.74, 6) is 1.86. The Morgan fingerprint density at radius 1 is 0.852 bits per heavy atom. The molecular formula is C21H24N6. The van der Waals surface area contributed by atoms with Gasteiger partial charge in [0, 0.05) is 42.6 Å². The fourth-order valence-electron chi connectivity index (χ4n) is 6.14. The van der Waals surface area contributed by atoms with Gasteiger partial charge in [0.1, 0.15) is 5.82 Å². The zero-order valence-electron chi connectivity index (χ0n) is 15.7. The number of benzene rings is 1. The van der Waals surface area contributed by atoms with Crippen LogP contribution in [-0.2, 0) is 0 Å². The molecule has 2 saturated heterocycles. The lowest BCUT2D eigenvalue weighted by Gasteiger charge is -2.30. The van der Waals surface area contributed by atoms with Crippen LogP contribution in [0.3, 0.4) is 0 Å². The predicted octanol–water partition coefficient (Wildman–Crippen LogP) is 2.71. The van der Waals surface area contributed by atoms with Crippen molar-refractivity contribution >= 4 is 11.5 Å². The highest BCUT2D eigenvalue weighted by Gasteiger charge is 2.64. The van der Waals surface area contributed by atoms with Crippen molar-refractivity contribution in [3.05, 3.63) is 42.5 Å². The van der Waals surface area contributed by atoms with Gasteiger partial charge in [0.05, 0.1) is 0 Å². The molecule has 138 valence electrons. The summed E-state index contributed by atoms with van der Waals surface area (Å²) in [6.45, 7) is 4.71. The molecule has 2 aromatic heterocycles. The maximum atomic E-state index is 4.96. The highest BCUT2D eigenvalue weighted by atomic mass is 15.4. The highest BCUT2D eigenvalue weighted by molar-refractivity contribution is 5.59. The second-order valence-corrected chi connectivity index (χ2v) is 8.79. The van der Waals surface area contributed by atoms with Gasteiger partial charge in [0.15, 0.2) is 11.5 Å². The average Bonchev–Trinajstić information content (AvgIpc) is 3.35. The Morgan fingerprint density at radius 3 is 2.33 bits per heavy atom. The molecule has 3 fully saturated rings. The number of fused-ring (bicyclic) bond motifs is 1. The lowest BCUT2D eigenvalue weighted by molar-refractivity contribution is 0.212. The zero-order valence-corrected chi connectivity index (χ0v) is 15.7. The molecule has 27 heavy (non-hydrogen) atoms. The number of aromatic nitrogens is 4. The van der Waals surface area contributed by atoms with Crippen LogP contribution in [0.4, 0.5) is 5.82 Å². The van der Waals surface area contributed by atoms with E-state index in [4.69, 9.17) is 5.10 Å². The fraction of sp³-hybridized carbons (Fsp3) is 0.476. The molecule has 0 spiro atoms. The van der Waals surface area contributed by atoms with Crippen LogP contribution < -0.4 is 4.90 Å². The van der Waals surface area contributed by atoms with Gasteiger partial charge < -0.3 is 9.80 Å². The topological polar surface area (TPSA) is 49.6 Å². The van der Waals surface area contributed by atoms with E-state index in [0.29, 0.717) is 10.8 Å². The van der Waals surface area contributed by atoms with Crippen molar-refractivity contribution in [2.45, 2.75) is 19.3 Å². The number of likely N-dealkylation sites (tertiary alicyclic amines) is 1. The molecule has 4 heterocycles. The SMILES string of the molecule is CN1CC23CCCC2(C1)CN(c1ccc2nnc(-c4ccccc4)n2n1)C3. The first-order chi connectivity index (χ1) is 13.2. The number of anilines is 1. The van der Waals surface area contributed by atoms with E-state index in [9.17, 15) is 0 Å². The van der Waals surface area contributed by atoms with E-state index in [1.807, 2.05) is 28.8 Å². The van der Waals surface area contributed by atoms with Crippen molar-refractivity contribution in [2.75, 3.05) is 38.1 Å². The summed E-state index contributed by atoms with van der Waals surface area (Å²) in [5.41, 5.74) is 2.75. The summed E-state index contributed by atoms with van der Waals surface area (Å²) in [7, 11) is 2.28. The normalized spacial score (nSPS) is 30.2. The minimum absolute atomic E-state index is 0.452. The molecule has 1 aliphatic carbocycles. The number of hydrogen-bond acceptors (Lipinski definition) is 5. The molecule has 6 nitrogen and oxygen atoms in total. The molecule has 0 amide bonds. The van der Waals surface area contributed by atoms with Crippen LogP contribution in [-0.4, -0.2) is 57.9 Å².